The minimum absolute atomic E-state index is 0.121. The van der Waals surface area contributed by atoms with E-state index in [0.29, 0.717) is 44.6 Å². The average Bonchev–Trinajstić information content (AvgIpc) is 3.30. The van der Waals surface area contributed by atoms with Crippen molar-refractivity contribution >= 4 is 11.8 Å². The predicted octanol–water partition coefficient (Wildman–Crippen LogP) is 0.616. The van der Waals surface area contributed by atoms with E-state index >= 15 is 0 Å². The molecule has 0 spiro atoms. The molecule has 4 rings (SSSR count). The van der Waals surface area contributed by atoms with E-state index in [9.17, 15) is 9.59 Å². The third-order valence-corrected chi connectivity index (χ3v) is 6.55. The normalized spacial score (nSPS) is 36.7. The number of amides is 2. The minimum atomic E-state index is -0.243. The summed E-state index contributed by atoms with van der Waals surface area (Å²) in [7, 11) is 0. The molecule has 3 heterocycles. The minimum Gasteiger partial charge on any atom is -0.368 e. The number of hydrogen-bond acceptors (Lipinski definition) is 4. The van der Waals surface area contributed by atoms with Crippen LogP contribution < -0.4 is 5.32 Å². The van der Waals surface area contributed by atoms with Crippen LogP contribution in [0.25, 0.3) is 0 Å². The van der Waals surface area contributed by atoms with E-state index in [4.69, 9.17) is 4.74 Å². The van der Waals surface area contributed by atoms with E-state index in [1.807, 2.05) is 9.80 Å². The van der Waals surface area contributed by atoms with Gasteiger partial charge in [-0.05, 0) is 38.1 Å². The van der Waals surface area contributed by atoms with Crippen LogP contribution in [0.4, 0.5) is 0 Å². The monoisotopic (exact) mass is 335 g/mol. The number of nitrogens with one attached hydrogen (secondary N) is 1. The summed E-state index contributed by atoms with van der Waals surface area (Å²) in [6, 6.07) is 0. The first-order valence-corrected chi connectivity index (χ1v) is 9.61. The number of carbonyl (C=O) groups excluding carboxylic acids is 2. The highest BCUT2D eigenvalue weighted by Crippen LogP contribution is 2.45. The lowest BCUT2D eigenvalue weighted by atomic mass is 9.67. The summed E-state index contributed by atoms with van der Waals surface area (Å²) in [5, 5.41) is 3.46. The highest BCUT2D eigenvalue weighted by atomic mass is 16.5. The molecular formula is C18H29N3O3. The number of hydrogen-bond donors (Lipinski definition) is 1. The quantitative estimate of drug-likeness (QED) is 0.803. The van der Waals surface area contributed by atoms with Crippen molar-refractivity contribution in [1.82, 2.24) is 15.1 Å². The fourth-order valence-corrected chi connectivity index (χ4v) is 5.09. The smallest absolute Gasteiger partial charge is 0.251 e. The largest absolute Gasteiger partial charge is 0.368 e. The van der Waals surface area contributed by atoms with Gasteiger partial charge in [0.1, 0.15) is 6.10 Å². The van der Waals surface area contributed by atoms with Crippen molar-refractivity contribution in [3.05, 3.63) is 0 Å². The summed E-state index contributed by atoms with van der Waals surface area (Å²) in [6.45, 7) is 5.18. The highest BCUT2D eigenvalue weighted by Gasteiger charge is 2.51. The van der Waals surface area contributed by atoms with Crippen LogP contribution >= 0.6 is 0 Å². The van der Waals surface area contributed by atoms with E-state index in [2.05, 4.69) is 5.32 Å². The van der Waals surface area contributed by atoms with Gasteiger partial charge < -0.3 is 19.9 Å². The molecule has 1 saturated carbocycles. The second-order valence-corrected chi connectivity index (χ2v) is 7.85. The lowest BCUT2D eigenvalue weighted by Crippen LogP contribution is -2.57. The molecule has 6 heteroatoms. The zero-order chi connectivity index (χ0) is 16.6. The van der Waals surface area contributed by atoms with Crippen LogP contribution in [0.3, 0.4) is 0 Å². The van der Waals surface area contributed by atoms with E-state index in [1.54, 1.807) is 0 Å². The molecule has 1 unspecified atom stereocenters. The molecule has 0 aromatic carbocycles. The number of carbonyl (C=O) groups is 2. The first kappa shape index (κ1) is 16.3. The fourth-order valence-electron chi connectivity index (χ4n) is 5.09. The van der Waals surface area contributed by atoms with Crippen LogP contribution in [0.1, 0.15) is 38.5 Å². The summed E-state index contributed by atoms with van der Waals surface area (Å²) >= 11 is 0. The Balaban J connectivity index is 1.37. The second kappa shape index (κ2) is 6.64. The number of piperazine rings is 1. The molecule has 4 aliphatic rings. The van der Waals surface area contributed by atoms with Gasteiger partial charge in [0.05, 0.1) is 5.41 Å². The van der Waals surface area contributed by atoms with Crippen molar-refractivity contribution in [3.8, 4) is 0 Å². The lowest BCUT2D eigenvalue weighted by Gasteiger charge is -2.43. The maximum atomic E-state index is 13.2. The summed E-state index contributed by atoms with van der Waals surface area (Å²) in [5.74, 6) is 0.961. The van der Waals surface area contributed by atoms with Gasteiger partial charge in [0, 0.05) is 39.3 Å². The topological polar surface area (TPSA) is 61.9 Å². The molecule has 1 aliphatic carbocycles. The van der Waals surface area contributed by atoms with Gasteiger partial charge in [0.25, 0.3) is 5.91 Å². The Labute approximate surface area is 143 Å². The Morgan fingerprint density at radius 1 is 1.00 bits per heavy atom. The van der Waals surface area contributed by atoms with Crippen LogP contribution in [0, 0.1) is 11.3 Å². The third kappa shape index (κ3) is 2.73. The van der Waals surface area contributed by atoms with Crippen molar-refractivity contribution in [2.24, 2.45) is 11.3 Å². The maximum absolute atomic E-state index is 13.2. The Bertz CT molecular complexity index is 498. The number of nitrogens with zero attached hydrogens (tertiary/aromatic N) is 2. The molecule has 3 aliphatic heterocycles. The van der Waals surface area contributed by atoms with E-state index < -0.39 is 0 Å². The van der Waals surface area contributed by atoms with Gasteiger partial charge in [-0.1, -0.05) is 12.8 Å². The molecule has 3 saturated heterocycles. The highest BCUT2D eigenvalue weighted by molar-refractivity contribution is 5.85. The van der Waals surface area contributed by atoms with Crippen molar-refractivity contribution in [2.45, 2.75) is 44.6 Å². The Morgan fingerprint density at radius 2 is 1.79 bits per heavy atom. The number of rotatable bonds is 2. The predicted molar refractivity (Wildman–Crippen MR) is 89.4 cm³/mol. The number of fused-ring (bicyclic) bond motifs is 1. The Morgan fingerprint density at radius 3 is 2.54 bits per heavy atom. The third-order valence-electron chi connectivity index (χ3n) is 6.55. The molecule has 2 amide bonds. The zero-order valence-corrected chi connectivity index (χ0v) is 14.5. The van der Waals surface area contributed by atoms with Crippen molar-refractivity contribution in [2.75, 3.05) is 45.9 Å². The molecule has 4 fully saturated rings. The van der Waals surface area contributed by atoms with Crippen LogP contribution in [-0.2, 0) is 14.3 Å². The van der Waals surface area contributed by atoms with Gasteiger partial charge >= 0.3 is 0 Å². The standard InChI is InChI=1S/C18H29N3O3/c22-16(15-5-3-11-24-15)20-7-9-21(10-8-20)17(23)18-6-2-1-4-14(18)12-19-13-18/h14-15,19H,1-13H2/t14-,15?,18+/m0/s1. The second-order valence-electron chi connectivity index (χ2n) is 7.85. The Hall–Kier alpha value is -1.14. The zero-order valence-electron chi connectivity index (χ0n) is 14.5. The molecule has 0 aromatic rings. The van der Waals surface area contributed by atoms with Crippen LogP contribution in [0.15, 0.2) is 0 Å². The molecule has 24 heavy (non-hydrogen) atoms. The van der Waals surface area contributed by atoms with Gasteiger partial charge in [0.2, 0.25) is 5.91 Å². The molecule has 0 bridgehead atoms. The van der Waals surface area contributed by atoms with Crippen molar-refractivity contribution < 1.29 is 14.3 Å². The molecule has 134 valence electrons. The summed E-state index contributed by atoms with van der Waals surface area (Å²) in [4.78, 5) is 29.6. The SMILES string of the molecule is O=C(C1CCCO1)N1CCN(C(=O)[C@@]23CCCC[C@H]2CNC3)CC1. The van der Waals surface area contributed by atoms with Gasteiger partial charge in [-0.2, -0.15) is 0 Å². The van der Waals surface area contributed by atoms with E-state index in [1.165, 1.54) is 19.3 Å². The molecule has 6 nitrogen and oxygen atoms in total. The van der Waals surface area contributed by atoms with Crippen LogP contribution in [0.5, 0.6) is 0 Å². The van der Waals surface area contributed by atoms with Gasteiger partial charge in [-0.15, -0.1) is 0 Å². The Kier molecular flexibility index (Phi) is 4.52. The van der Waals surface area contributed by atoms with Gasteiger partial charge in [-0.3, -0.25) is 9.59 Å². The van der Waals surface area contributed by atoms with Crippen LogP contribution in [-0.4, -0.2) is 73.6 Å². The molecular weight excluding hydrogens is 306 g/mol. The average molecular weight is 335 g/mol. The van der Waals surface area contributed by atoms with Crippen molar-refractivity contribution in [1.29, 1.82) is 0 Å². The lowest BCUT2D eigenvalue weighted by molar-refractivity contribution is -0.152. The van der Waals surface area contributed by atoms with Crippen molar-refractivity contribution in [3.63, 3.8) is 0 Å². The maximum Gasteiger partial charge on any atom is 0.251 e. The fraction of sp³-hybridized carbons (Fsp3) is 0.889. The summed E-state index contributed by atoms with van der Waals surface area (Å²) in [5.41, 5.74) is -0.168. The van der Waals surface area contributed by atoms with Gasteiger partial charge in [0.15, 0.2) is 0 Å². The molecule has 1 N–H and O–H groups in total. The molecule has 0 radical (unpaired) electrons. The number of ether oxygens (including phenoxy) is 1. The molecule has 3 atom stereocenters. The van der Waals surface area contributed by atoms with Crippen LogP contribution in [0.2, 0.25) is 0 Å². The summed E-state index contributed by atoms with van der Waals surface area (Å²) in [6.07, 6.45) is 6.20. The first-order chi connectivity index (χ1) is 11.7. The first-order valence-electron chi connectivity index (χ1n) is 9.61. The summed E-state index contributed by atoms with van der Waals surface area (Å²) < 4.78 is 5.51. The van der Waals surface area contributed by atoms with E-state index in [0.717, 1.165) is 32.4 Å². The molecule has 0 aromatic heterocycles. The van der Waals surface area contributed by atoms with Gasteiger partial charge in [-0.25, -0.2) is 0 Å². The van der Waals surface area contributed by atoms with E-state index in [-0.39, 0.29) is 17.4 Å².